The minimum atomic E-state index is -1.38. The summed E-state index contributed by atoms with van der Waals surface area (Å²) in [5.74, 6) is -1.89. The van der Waals surface area contributed by atoms with E-state index < -0.39 is 23.9 Å². The van der Waals surface area contributed by atoms with E-state index in [9.17, 15) is 19.1 Å². The van der Waals surface area contributed by atoms with Crippen LogP contribution in [0.2, 0.25) is 0 Å². The number of ether oxygens (including phenoxy) is 1. The summed E-state index contributed by atoms with van der Waals surface area (Å²) in [6, 6.07) is 17.0. The van der Waals surface area contributed by atoms with E-state index in [4.69, 9.17) is 4.74 Å². The molecule has 2 N–H and O–H groups in total. The topological polar surface area (TPSA) is 75.6 Å². The third-order valence-corrected chi connectivity index (χ3v) is 6.13. The molecular formula is C24H19BrFNO4. The third-order valence-electron chi connectivity index (χ3n) is 5.44. The Labute approximate surface area is 187 Å². The fourth-order valence-electron chi connectivity index (χ4n) is 3.93. The van der Waals surface area contributed by atoms with Crippen molar-refractivity contribution in [2.75, 3.05) is 6.61 Å². The molecule has 31 heavy (non-hydrogen) atoms. The number of aryl methyl sites for hydroxylation is 1. The quantitative estimate of drug-likeness (QED) is 0.497. The van der Waals surface area contributed by atoms with E-state index in [0.29, 0.717) is 0 Å². The van der Waals surface area contributed by atoms with E-state index in [-0.39, 0.29) is 28.1 Å². The van der Waals surface area contributed by atoms with Crippen LogP contribution in [0.4, 0.5) is 9.18 Å². The maximum absolute atomic E-state index is 13.7. The van der Waals surface area contributed by atoms with Crippen LogP contribution >= 0.6 is 15.9 Å². The zero-order chi connectivity index (χ0) is 22.1. The molecule has 4 rings (SSSR count). The Morgan fingerprint density at radius 3 is 2.26 bits per heavy atom. The van der Waals surface area contributed by atoms with Crippen molar-refractivity contribution in [1.29, 1.82) is 0 Å². The van der Waals surface area contributed by atoms with Gasteiger partial charge in [0, 0.05) is 16.0 Å². The van der Waals surface area contributed by atoms with Crippen LogP contribution in [0.15, 0.2) is 65.1 Å². The molecule has 1 unspecified atom stereocenters. The smallest absolute Gasteiger partial charge is 0.408 e. The molecule has 3 aromatic carbocycles. The Kier molecular flexibility index (Phi) is 5.78. The van der Waals surface area contributed by atoms with Crippen LogP contribution in [0, 0.1) is 12.7 Å². The van der Waals surface area contributed by atoms with Crippen molar-refractivity contribution in [2.24, 2.45) is 0 Å². The molecule has 0 radical (unpaired) electrons. The number of hydrogen-bond donors (Lipinski definition) is 2. The maximum Gasteiger partial charge on any atom is 0.408 e. The summed E-state index contributed by atoms with van der Waals surface area (Å²) in [6.07, 6.45) is -0.858. The number of nitrogens with one attached hydrogen (secondary N) is 1. The van der Waals surface area contributed by atoms with Gasteiger partial charge in [-0.2, -0.15) is 0 Å². The number of carbonyl (C=O) groups excluding carboxylic acids is 1. The average molecular weight is 484 g/mol. The second-order valence-electron chi connectivity index (χ2n) is 7.36. The van der Waals surface area contributed by atoms with Crippen molar-refractivity contribution in [2.45, 2.75) is 18.9 Å². The normalized spacial score (nSPS) is 13.3. The molecule has 5 nitrogen and oxygen atoms in total. The number of carbonyl (C=O) groups is 2. The number of amides is 1. The second-order valence-corrected chi connectivity index (χ2v) is 8.22. The lowest BCUT2D eigenvalue weighted by Gasteiger charge is -2.19. The first-order chi connectivity index (χ1) is 14.9. The number of carboxylic acid groups (broad SMARTS) is 1. The first-order valence-electron chi connectivity index (χ1n) is 9.66. The fraction of sp³-hybridized carbons (Fsp3) is 0.167. The van der Waals surface area contributed by atoms with E-state index in [1.54, 1.807) is 0 Å². The number of aliphatic carboxylic acids is 1. The van der Waals surface area contributed by atoms with Gasteiger partial charge in [0.05, 0.1) is 0 Å². The van der Waals surface area contributed by atoms with E-state index in [1.807, 2.05) is 48.5 Å². The van der Waals surface area contributed by atoms with Crippen LogP contribution in [0.25, 0.3) is 11.1 Å². The fourth-order valence-corrected chi connectivity index (χ4v) is 4.48. The lowest BCUT2D eigenvalue weighted by molar-refractivity contribution is -0.139. The first kappa shape index (κ1) is 21.1. The molecule has 0 aromatic heterocycles. The molecule has 0 bridgehead atoms. The molecule has 0 fully saturated rings. The van der Waals surface area contributed by atoms with Crippen LogP contribution < -0.4 is 5.32 Å². The van der Waals surface area contributed by atoms with E-state index >= 15 is 0 Å². The minimum Gasteiger partial charge on any atom is -0.479 e. The zero-order valence-electron chi connectivity index (χ0n) is 16.6. The molecule has 158 valence electrons. The van der Waals surface area contributed by atoms with Gasteiger partial charge in [0.1, 0.15) is 12.4 Å². The zero-order valence-corrected chi connectivity index (χ0v) is 18.1. The van der Waals surface area contributed by atoms with Crippen molar-refractivity contribution >= 4 is 28.0 Å². The Morgan fingerprint density at radius 2 is 1.68 bits per heavy atom. The predicted octanol–water partition coefficient (Wildman–Crippen LogP) is 5.56. The van der Waals surface area contributed by atoms with Gasteiger partial charge < -0.3 is 15.2 Å². The minimum absolute atomic E-state index is 0.0653. The lowest BCUT2D eigenvalue weighted by Crippen LogP contribution is -2.35. The van der Waals surface area contributed by atoms with Gasteiger partial charge in [-0.25, -0.2) is 14.0 Å². The van der Waals surface area contributed by atoms with E-state index in [2.05, 4.69) is 21.2 Å². The molecule has 7 heteroatoms. The highest BCUT2D eigenvalue weighted by Gasteiger charge is 2.30. The number of rotatable bonds is 5. The summed E-state index contributed by atoms with van der Waals surface area (Å²) in [7, 11) is 0. The SMILES string of the molecule is Cc1cc(C(NC(=O)OCC2c3ccccc3-c3ccccc32)C(=O)O)c(Br)cc1F. The monoisotopic (exact) mass is 483 g/mol. The Balaban J connectivity index is 1.51. The van der Waals surface area contributed by atoms with Gasteiger partial charge in [0.25, 0.3) is 0 Å². The van der Waals surface area contributed by atoms with Gasteiger partial charge in [-0.3, -0.25) is 0 Å². The van der Waals surface area contributed by atoms with Gasteiger partial charge in [-0.15, -0.1) is 0 Å². The van der Waals surface area contributed by atoms with Crippen molar-refractivity contribution in [3.8, 4) is 11.1 Å². The average Bonchev–Trinajstić information content (AvgIpc) is 3.07. The highest BCUT2D eigenvalue weighted by atomic mass is 79.9. The number of fused-ring (bicyclic) bond motifs is 3. The van der Waals surface area contributed by atoms with Crippen molar-refractivity contribution in [3.63, 3.8) is 0 Å². The Bertz CT molecular complexity index is 1130. The summed E-state index contributed by atoms with van der Waals surface area (Å²) in [6.45, 7) is 1.59. The summed E-state index contributed by atoms with van der Waals surface area (Å²) < 4.78 is 19.4. The van der Waals surface area contributed by atoms with Crippen LogP contribution in [-0.2, 0) is 9.53 Å². The summed E-state index contributed by atoms with van der Waals surface area (Å²) >= 11 is 3.17. The molecule has 0 spiro atoms. The van der Waals surface area contributed by atoms with Crippen LogP contribution in [0.5, 0.6) is 0 Å². The molecule has 1 atom stereocenters. The van der Waals surface area contributed by atoms with Crippen molar-refractivity contribution in [3.05, 3.63) is 93.2 Å². The van der Waals surface area contributed by atoms with Gasteiger partial charge in [-0.05, 0) is 46.9 Å². The molecule has 3 aromatic rings. The predicted molar refractivity (Wildman–Crippen MR) is 117 cm³/mol. The van der Waals surface area contributed by atoms with E-state index in [0.717, 1.165) is 22.3 Å². The molecule has 0 saturated heterocycles. The van der Waals surface area contributed by atoms with Crippen molar-refractivity contribution in [1.82, 2.24) is 5.32 Å². The van der Waals surface area contributed by atoms with Gasteiger partial charge >= 0.3 is 12.1 Å². The molecule has 0 aliphatic heterocycles. The van der Waals surface area contributed by atoms with Gasteiger partial charge in [0.2, 0.25) is 0 Å². The Hall–Kier alpha value is -3.19. The van der Waals surface area contributed by atoms with Crippen molar-refractivity contribution < 1.29 is 23.8 Å². The molecule has 0 heterocycles. The number of alkyl carbamates (subject to hydrolysis) is 1. The highest BCUT2D eigenvalue weighted by Crippen LogP contribution is 2.44. The first-order valence-corrected chi connectivity index (χ1v) is 10.5. The highest BCUT2D eigenvalue weighted by molar-refractivity contribution is 9.10. The van der Waals surface area contributed by atoms with Crippen LogP contribution in [-0.4, -0.2) is 23.8 Å². The molecule has 1 amide bonds. The molecule has 0 saturated carbocycles. The van der Waals surface area contributed by atoms with Gasteiger partial charge in [-0.1, -0.05) is 64.5 Å². The summed E-state index contributed by atoms with van der Waals surface area (Å²) in [4.78, 5) is 24.3. The standard InChI is InChI=1S/C24H19BrFNO4/c1-13-10-18(20(25)11-21(13)26)22(23(28)29)27-24(30)31-12-19-16-8-4-2-6-14(16)15-7-3-5-9-17(15)19/h2-11,19,22H,12H2,1H3,(H,27,30)(H,28,29). The summed E-state index contributed by atoms with van der Waals surface area (Å²) in [5.41, 5.74) is 4.83. The molecule has 1 aliphatic rings. The van der Waals surface area contributed by atoms with Crippen LogP contribution in [0.3, 0.4) is 0 Å². The number of halogens is 2. The van der Waals surface area contributed by atoms with Crippen LogP contribution in [0.1, 0.15) is 34.2 Å². The second kappa shape index (κ2) is 8.51. The number of hydrogen-bond acceptors (Lipinski definition) is 3. The van der Waals surface area contributed by atoms with E-state index in [1.165, 1.54) is 19.1 Å². The number of benzene rings is 3. The third kappa shape index (κ3) is 4.05. The number of carboxylic acids is 1. The van der Waals surface area contributed by atoms with Gasteiger partial charge in [0.15, 0.2) is 6.04 Å². The summed E-state index contributed by atoms with van der Waals surface area (Å²) in [5, 5.41) is 12.0. The lowest BCUT2D eigenvalue weighted by atomic mass is 9.98. The maximum atomic E-state index is 13.7. The molecule has 1 aliphatic carbocycles. The Morgan fingerprint density at radius 1 is 1.10 bits per heavy atom. The largest absolute Gasteiger partial charge is 0.479 e. The molecular weight excluding hydrogens is 465 g/mol.